The first-order chi connectivity index (χ1) is 10.8. The predicted molar refractivity (Wildman–Crippen MR) is 91.3 cm³/mol. The molecule has 0 aliphatic heterocycles. The van der Waals surface area contributed by atoms with Crippen LogP contribution in [0, 0.1) is 0 Å². The Hall–Kier alpha value is -2.39. The summed E-state index contributed by atoms with van der Waals surface area (Å²) in [4.78, 5) is 11.7. The Morgan fingerprint density at radius 2 is 1.59 bits per heavy atom. The fraction of sp³-hybridized carbons (Fsp3) is 0.211. The van der Waals surface area contributed by atoms with Crippen LogP contribution in [0.4, 0.5) is 0 Å². The number of nitrogens with one attached hydrogen (secondary N) is 2. The van der Waals surface area contributed by atoms with Gasteiger partial charge in [-0.15, -0.1) is 0 Å². The molecule has 0 heterocycles. The molecule has 0 bridgehead atoms. The van der Waals surface area contributed by atoms with Crippen LogP contribution in [-0.2, 0) is 11.3 Å². The number of carbonyl (C=O) groups excluding carboxylic acids is 1. The summed E-state index contributed by atoms with van der Waals surface area (Å²) in [6.07, 6.45) is 4.31. The topological polar surface area (TPSA) is 41.1 Å². The first kappa shape index (κ1) is 16.0. The fourth-order valence-corrected chi connectivity index (χ4v) is 2.05. The van der Waals surface area contributed by atoms with Crippen LogP contribution in [0.15, 0.2) is 66.7 Å². The van der Waals surface area contributed by atoms with E-state index in [9.17, 15) is 4.79 Å². The second-order valence-corrected chi connectivity index (χ2v) is 5.05. The van der Waals surface area contributed by atoms with Crippen molar-refractivity contribution in [3.05, 3.63) is 77.9 Å². The van der Waals surface area contributed by atoms with E-state index in [1.54, 1.807) is 6.08 Å². The summed E-state index contributed by atoms with van der Waals surface area (Å²) in [6.45, 7) is 2.43. The van der Waals surface area contributed by atoms with E-state index in [1.165, 1.54) is 5.56 Å². The minimum absolute atomic E-state index is 0.0492. The van der Waals surface area contributed by atoms with Crippen molar-refractivity contribution in [2.75, 3.05) is 13.1 Å². The van der Waals surface area contributed by atoms with Gasteiger partial charge in [0, 0.05) is 19.2 Å². The van der Waals surface area contributed by atoms with E-state index in [0.717, 1.165) is 25.1 Å². The molecule has 22 heavy (non-hydrogen) atoms. The molecule has 0 aliphatic carbocycles. The smallest absolute Gasteiger partial charge is 0.243 e. The molecule has 0 unspecified atom stereocenters. The molecule has 0 aliphatic rings. The van der Waals surface area contributed by atoms with Crippen LogP contribution in [0.5, 0.6) is 0 Å². The lowest BCUT2D eigenvalue weighted by Crippen LogP contribution is -2.25. The van der Waals surface area contributed by atoms with Gasteiger partial charge >= 0.3 is 0 Å². The van der Waals surface area contributed by atoms with Crippen LogP contribution in [0.2, 0.25) is 0 Å². The molecular formula is C19H22N2O. The Balaban J connectivity index is 1.55. The molecule has 2 aromatic rings. The maximum absolute atomic E-state index is 11.7. The molecule has 0 radical (unpaired) electrons. The Kier molecular flexibility index (Phi) is 6.93. The summed E-state index contributed by atoms with van der Waals surface area (Å²) in [7, 11) is 0. The molecule has 1 amide bonds. The Morgan fingerprint density at radius 1 is 0.909 bits per heavy atom. The summed E-state index contributed by atoms with van der Waals surface area (Å²) in [6, 6.07) is 20.1. The van der Waals surface area contributed by atoms with Crippen molar-refractivity contribution < 1.29 is 4.79 Å². The summed E-state index contributed by atoms with van der Waals surface area (Å²) in [5.41, 5.74) is 2.31. The van der Waals surface area contributed by atoms with Crippen LogP contribution >= 0.6 is 0 Å². The summed E-state index contributed by atoms with van der Waals surface area (Å²) >= 11 is 0. The van der Waals surface area contributed by atoms with E-state index < -0.39 is 0 Å². The zero-order valence-corrected chi connectivity index (χ0v) is 12.7. The van der Waals surface area contributed by atoms with Gasteiger partial charge < -0.3 is 10.6 Å². The zero-order chi connectivity index (χ0) is 15.5. The summed E-state index contributed by atoms with van der Waals surface area (Å²) < 4.78 is 0. The van der Waals surface area contributed by atoms with Gasteiger partial charge in [-0.2, -0.15) is 0 Å². The number of rotatable bonds is 8. The predicted octanol–water partition coefficient (Wildman–Crippen LogP) is 3.00. The highest BCUT2D eigenvalue weighted by atomic mass is 16.1. The number of amides is 1. The molecule has 0 spiro atoms. The second kappa shape index (κ2) is 9.53. The van der Waals surface area contributed by atoms with Crippen molar-refractivity contribution in [2.24, 2.45) is 0 Å². The number of hydrogen-bond donors (Lipinski definition) is 2. The molecule has 0 atom stereocenters. The molecule has 2 aromatic carbocycles. The van der Waals surface area contributed by atoms with E-state index in [2.05, 4.69) is 22.8 Å². The van der Waals surface area contributed by atoms with Gasteiger partial charge in [-0.05, 0) is 30.2 Å². The van der Waals surface area contributed by atoms with Crippen LogP contribution in [0.3, 0.4) is 0 Å². The van der Waals surface area contributed by atoms with E-state index in [1.807, 2.05) is 54.6 Å². The summed E-state index contributed by atoms with van der Waals surface area (Å²) in [5.74, 6) is -0.0492. The Morgan fingerprint density at radius 3 is 2.32 bits per heavy atom. The third-order valence-corrected chi connectivity index (χ3v) is 3.23. The normalized spacial score (nSPS) is 10.7. The van der Waals surface area contributed by atoms with Crippen molar-refractivity contribution in [1.29, 1.82) is 0 Å². The molecule has 0 saturated carbocycles. The van der Waals surface area contributed by atoms with Crippen LogP contribution in [0.1, 0.15) is 17.5 Å². The van der Waals surface area contributed by atoms with Crippen LogP contribution < -0.4 is 10.6 Å². The van der Waals surface area contributed by atoms with E-state index in [4.69, 9.17) is 0 Å². The van der Waals surface area contributed by atoms with Crippen molar-refractivity contribution in [3.63, 3.8) is 0 Å². The fourth-order valence-electron chi connectivity index (χ4n) is 2.05. The first-order valence-corrected chi connectivity index (χ1v) is 7.60. The third kappa shape index (κ3) is 6.37. The maximum atomic E-state index is 11.7. The van der Waals surface area contributed by atoms with Crippen LogP contribution in [0.25, 0.3) is 6.08 Å². The van der Waals surface area contributed by atoms with Gasteiger partial charge in [0.15, 0.2) is 0 Å². The van der Waals surface area contributed by atoms with Crippen molar-refractivity contribution in [3.8, 4) is 0 Å². The Labute approximate surface area is 132 Å². The van der Waals surface area contributed by atoms with Crippen molar-refractivity contribution in [1.82, 2.24) is 10.6 Å². The molecule has 2 N–H and O–H groups in total. The highest BCUT2D eigenvalue weighted by Gasteiger charge is 1.95. The quantitative estimate of drug-likeness (QED) is 0.580. The van der Waals surface area contributed by atoms with Gasteiger partial charge in [0.05, 0.1) is 0 Å². The lowest BCUT2D eigenvalue weighted by atomic mass is 10.2. The van der Waals surface area contributed by atoms with Gasteiger partial charge in [-0.25, -0.2) is 0 Å². The summed E-state index contributed by atoms with van der Waals surface area (Å²) in [5, 5.41) is 6.25. The average molecular weight is 294 g/mol. The lowest BCUT2D eigenvalue weighted by molar-refractivity contribution is -0.116. The van der Waals surface area contributed by atoms with E-state index >= 15 is 0 Å². The molecule has 2 rings (SSSR count). The van der Waals surface area contributed by atoms with Crippen molar-refractivity contribution >= 4 is 12.0 Å². The second-order valence-electron chi connectivity index (χ2n) is 5.05. The molecule has 114 valence electrons. The van der Waals surface area contributed by atoms with Crippen molar-refractivity contribution in [2.45, 2.75) is 13.0 Å². The SMILES string of the molecule is O=C(/C=C\c1ccccc1)NCCCNCc1ccccc1. The molecular weight excluding hydrogens is 272 g/mol. The minimum atomic E-state index is -0.0492. The zero-order valence-electron chi connectivity index (χ0n) is 12.7. The van der Waals surface area contributed by atoms with Gasteiger partial charge in [0.2, 0.25) is 5.91 Å². The van der Waals surface area contributed by atoms with E-state index in [-0.39, 0.29) is 5.91 Å². The lowest BCUT2D eigenvalue weighted by Gasteiger charge is -2.05. The highest BCUT2D eigenvalue weighted by molar-refractivity contribution is 5.91. The number of benzene rings is 2. The van der Waals surface area contributed by atoms with Gasteiger partial charge in [0.1, 0.15) is 0 Å². The minimum Gasteiger partial charge on any atom is -0.353 e. The first-order valence-electron chi connectivity index (χ1n) is 7.60. The Bertz CT molecular complexity index is 579. The van der Waals surface area contributed by atoms with E-state index in [0.29, 0.717) is 6.54 Å². The highest BCUT2D eigenvalue weighted by Crippen LogP contribution is 2.00. The maximum Gasteiger partial charge on any atom is 0.243 e. The molecule has 0 saturated heterocycles. The average Bonchev–Trinajstić information content (AvgIpc) is 2.58. The van der Waals surface area contributed by atoms with Gasteiger partial charge in [-0.1, -0.05) is 60.7 Å². The monoisotopic (exact) mass is 294 g/mol. The number of carbonyl (C=O) groups is 1. The standard InChI is InChI=1S/C19H22N2O/c22-19(13-12-17-8-3-1-4-9-17)21-15-7-14-20-16-18-10-5-2-6-11-18/h1-6,8-13,20H,7,14-16H2,(H,21,22)/b13-12-. The largest absolute Gasteiger partial charge is 0.353 e. The molecule has 0 fully saturated rings. The van der Waals surface area contributed by atoms with Gasteiger partial charge in [0.25, 0.3) is 0 Å². The molecule has 3 heteroatoms. The van der Waals surface area contributed by atoms with Crippen LogP contribution in [-0.4, -0.2) is 19.0 Å². The van der Waals surface area contributed by atoms with Gasteiger partial charge in [-0.3, -0.25) is 4.79 Å². The number of hydrogen-bond acceptors (Lipinski definition) is 2. The molecule has 3 nitrogen and oxygen atoms in total. The molecule has 0 aromatic heterocycles. The third-order valence-electron chi connectivity index (χ3n) is 3.23.